The molecule has 0 atom stereocenters. The SMILES string of the molecule is CN(CCO)C1(CNc2ncnc3[nH]ncc23)CCCCC1. The van der Waals surface area contributed by atoms with Gasteiger partial charge in [-0.1, -0.05) is 19.3 Å². The molecule has 1 aliphatic rings. The van der Waals surface area contributed by atoms with E-state index in [0.29, 0.717) is 6.54 Å². The Labute approximate surface area is 130 Å². The third-order valence-corrected chi connectivity index (χ3v) is 4.86. The predicted molar refractivity (Wildman–Crippen MR) is 85.7 cm³/mol. The average molecular weight is 304 g/mol. The standard InChI is InChI=1S/C15H24N6O/c1-21(7-8-22)15(5-3-2-4-6-15)10-16-13-12-9-19-20-14(12)18-11-17-13/h9,11,22H,2-8,10H2,1H3,(H2,16,17,18,19,20). The highest BCUT2D eigenvalue weighted by molar-refractivity contribution is 5.85. The molecule has 7 nitrogen and oxygen atoms in total. The van der Waals surface area contributed by atoms with E-state index >= 15 is 0 Å². The van der Waals surface area contributed by atoms with Crippen molar-refractivity contribution in [2.24, 2.45) is 0 Å². The Hall–Kier alpha value is -1.73. The molecule has 3 rings (SSSR count). The Kier molecular flexibility index (Phi) is 4.54. The molecule has 0 bridgehead atoms. The van der Waals surface area contributed by atoms with E-state index in [1.165, 1.54) is 19.3 Å². The Balaban J connectivity index is 1.77. The molecule has 22 heavy (non-hydrogen) atoms. The van der Waals surface area contributed by atoms with Crippen LogP contribution in [0.1, 0.15) is 32.1 Å². The summed E-state index contributed by atoms with van der Waals surface area (Å²) in [5, 5.41) is 20.6. The predicted octanol–water partition coefficient (Wildman–Crippen LogP) is 1.39. The highest BCUT2D eigenvalue weighted by Crippen LogP contribution is 2.33. The number of aromatic amines is 1. The first-order valence-corrected chi connectivity index (χ1v) is 7.95. The van der Waals surface area contributed by atoms with Gasteiger partial charge in [-0.15, -0.1) is 0 Å². The first-order chi connectivity index (χ1) is 10.7. The maximum Gasteiger partial charge on any atom is 0.160 e. The zero-order valence-corrected chi connectivity index (χ0v) is 13.0. The molecule has 0 radical (unpaired) electrons. The maximum absolute atomic E-state index is 9.29. The first kappa shape index (κ1) is 15.2. The van der Waals surface area contributed by atoms with Gasteiger partial charge in [-0.25, -0.2) is 9.97 Å². The van der Waals surface area contributed by atoms with Crippen LogP contribution in [0.15, 0.2) is 12.5 Å². The van der Waals surface area contributed by atoms with Crippen molar-refractivity contribution in [3.63, 3.8) is 0 Å². The van der Waals surface area contributed by atoms with Gasteiger partial charge in [0.15, 0.2) is 5.65 Å². The molecule has 0 aliphatic heterocycles. The molecule has 0 amide bonds. The lowest BCUT2D eigenvalue weighted by Gasteiger charge is -2.45. The Morgan fingerprint density at radius 1 is 1.32 bits per heavy atom. The first-order valence-electron chi connectivity index (χ1n) is 7.95. The van der Waals surface area contributed by atoms with Crippen LogP contribution in [0.4, 0.5) is 5.82 Å². The summed E-state index contributed by atoms with van der Waals surface area (Å²) in [4.78, 5) is 10.8. The van der Waals surface area contributed by atoms with Crippen molar-refractivity contribution in [3.05, 3.63) is 12.5 Å². The number of aliphatic hydroxyl groups excluding tert-OH is 1. The zero-order valence-electron chi connectivity index (χ0n) is 13.0. The molecule has 0 unspecified atom stereocenters. The van der Waals surface area contributed by atoms with Crippen molar-refractivity contribution in [3.8, 4) is 0 Å². The minimum atomic E-state index is 0.0853. The van der Waals surface area contributed by atoms with E-state index in [2.05, 4.69) is 37.4 Å². The lowest BCUT2D eigenvalue weighted by atomic mass is 9.80. The Bertz CT molecular complexity index is 607. The number of hydrogen-bond donors (Lipinski definition) is 3. The van der Waals surface area contributed by atoms with E-state index in [1.807, 2.05) is 0 Å². The molecule has 1 fully saturated rings. The molecular weight excluding hydrogens is 280 g/mol. The number of aromatic nitrogens is 4. The van der Waals surface area contributed by atoms with Crippen molar-refractivity contribution >= 4 is 16.9 Å². The van der Waals surface area contributed by atoms with Crippen LogP contribution in [0, 0.1) is 0 Å². The molecule has 2 heterocycles. The summed E-state index contributed by atoms with van der Waals surface area (Å²) >= 11 is 0. The second-order valence-corrected chi connectivity index (χ2v) is 6.14. The summed E-state index contributed by atoms with van der Waals surface area (Å²) < 4.78 is 0. The van der Waals surface area contributed by atoms with Crippen LogP contribution in [0.5, 0.6) is 0 Å². The Morgan fingerprint density at radius 3 is 2.91 bits per heavy atom. The van der Waals surface area contributed by atoms with E-state index in [9.17, 15) is 5.11 Å². The summed E-state index contributed by atoms with van der Waals surface area (Å²) in [5.41, 5.74) is 0.834. The molecule has 7 heteroatoms. The summed E-state index contributed by atoms with van der Waals surface area (Å²) in [6.07, 6.45) is 9.38. The van der Waals surface area contributed by atoms with E-state index in [0.717, 1.165) is 36.2 Å². The fourth-order valence-electron chi connectivity index (χ4n) is 3.44. The molecule has 1 aliphatic carbocycles. The van der Waals surface area contributed by atoms with Crippen LogP contribution >= 0.6 is 0 Å². The summed E-state index contributed by atoms with van der Waals surface area (Å²) in [6, 6.07) is 0. The number of hydrogen-bond acceptors (Lipinski definition) is 6. The monoisotopic (exact) mass is 304 g/mol. The number of rotatable bonds is 6. The molecule has 0 spiro atoms. The number of nitrogens with zero attached hydrogens (tertiary/aromatic N) is 4. The largest absolute Gasteiger partial charge is 0.395 e. The number of likely N-dealkylation sites (N-methyl/N-ethyl adjacent to an activating group) is 1. The molecule has 0 saturated heterocycles. The lowest BCUT2D eigenvalue weighted by Crippen LogP contribution is -2.53. The molecule has 3 N–H and O–H groups in total. The van der Waals surface area contributed by atoms with E-state index in [4.69, 9.17) is 0 Å². The van der Waals surface area contributed by atoms with Crippen LogP contribution in [-0.4, -0.2) is 62.5 Å². The zero-order chi connectivity index (χ0) is 15.4. The van der Waals surface area contributed by atoms with Gasteiger partial charge in [0.05, 0.1) is 18.2 Å². The van der Waals surface area contributed by atoms with Gasteiger partial charge in [0.25, 0.3) is 0 Å². The summed E-state index contributed by atoms with van der Waals surface area (Å²) in [6.45, 7) is 1.71. The Morgan fingerprint density at radius 2 is 2.14 bits per heavy atom. The number of H-pyrrole nitrogens is 1. The molecule has 2 aromatic heterocycles. The number of anilines is 1. The highest BCUT2D eigenvalue weighted by Gasteiger charge is 2.35. The smallest absolute Gasteiger partial charge is 0.160 e. The average Bonchev–Trinajstić information content (AvgIpc) is 3.03. The van der Waals surface area contributed by atoms with E-state index in [1.54, 1.807) is 12.5 Å². The second-order valence-electron chi connectivity index (χ2n) is 6.14. The van der Waals surface area contributed by atoms with Gasteiger partial charge in [0.2, 0.25) is 0 Å². The van der Waals surface area contributed by atoms with Gasteiger partial charge in [-0.05, 0) is 19.9 Å². The summed E-state index contributed by atoms with van der Waals surface area (Å²) in [7, 11) is 2.11. The van der Waals surface area contributed by atoms with Gasteiger partial charge in [-0.2, -0.15) is 5.10 Å². The van der Waals surface area contributed by atoms with Crippen molar-refractivity contribution in [1.29, 1.82) is 0 Å². The number of nitrogens with one attached hydrogen (secondary N) is 2. The van der Waals surface area contributed by atoms with Crippen LogP contribution in [0.25, 0.3) is 11.0 Å². The van der Waals surface area contributed by atoms with Gasteiger partial charge < -0.3 is 10.4 Å². The van der Waals surface area contributed by atoms with Gasteiger partial charge in [-0.3, -0.25) is 10.00 Å². The minimum Gasteiger partial charge on any atom is -0.395 e. The minimum absolute atomic E-state index is 0.0853. The quantitative estimate of drug-likeness (QED) is 0.747. The fraction of sp³-hybridized carbons (Fsp3) is 0.667. The number of fused-ring (bicyclic) bond motifs is 1. The van der Waals surface area contributed by atoms with Crippen LogP contribution < -0.4 is 5.32 Å². The van der Waals surface area contributed by atoms with Crippen molar-refractivity contribution in [2.75, 3.05) is 32.1 Å². The number of aliphatic hydroxyl groups is 1. The van der Waals surface area contributed by atoms with Crippen LogP contribution in [0.2, 0.25) is 0 Å². The van der Waals surface area contributed by atoms with Gasteiger partial charge in [0.1, 0.15) is 12.1 Å². The summed E-state index contributed by atoms with van der Waals surface area (Å²) in [5.74, 6) is 0.820. The van der Waals surface area contributed by atoms with Gasteiger partial charge in [0, 0.05) is 18.6 Å². The van der Waals surface area contributed by atoms with Crippen LogP contribution in [0.3, 0.4) is 0 Å². The fourth-order valence-corrected chi connectivity index (χ4v) is 3.44. The number of β-amino-alcohol motifs (C(OH)–C–C–N with tert-alkyl or cyclic N) is 1. The third kappa shape index (κ3) is 2.91. The molecule has 2 aromatic rings. The van der Waals surface area contributed by atoms with Crippen molar-refractivity contribution in [1.82, 2.24) is 25.1 Å². The lowest BCUT2D eigenvalue weighted by molar-refractivity contribution is 0.0690. The van der Waals surface area contributed by atoms with Crippen LogP contribution in [-0.2, 0) is 0 Å². The highest BCUT2D eigenvalue weighted by atomic mass is 16.3. The molecule has 120 valence electrons. The maximum atomic E-state index is 9.29. The van der Waals surface area contributed by atoms with Gasteiger partial charge >= 0.3 is 0 Å². The molecule has 0 aromatic carbocycles. The normalized spacial score (nSPS) is 18.0. The third-order valence-electron chi connectivity index (χ3n) is 4.86. The second kappa shape index (κ2) is 6.58. The van der Waals surface area contributed by atoms with Crippen molar-refractivity contribution in [2.45, 2.75) is 37.6 Å². The topological polar surface area (TPSA) is 90.0 Å². The molecular formula is C15H24N6O. The molecule has 1 saturated carbocycles. The van der Waals surface area contributed by atoms with E-state index in [-0.39, 0.29) is 12.1 Å². The van der Waals surface area contributed by atoms with E-state index < -0.39 is 0 Å². The van der Waals surface area contributed by atoms with Crippen molar-refractivity contribution < 1.29 is 5.11 Å².